The normalized spacial score (nSPS) is 14.8. The number of rotatable bonds is 4. The Balaban J connectivity index is 1.31. The highest BCUT2D eigenvalue weighted by atomic mass is 31.2. The zero-order valence-electron chi connectivity index (χ0n) is 27.4. The van der Waals surface area contributed by atoms with Crippen LogP contribution in [0.25, 0.3) is 71.9 Å². The number of nitriles is 1. The Labute approximate surface area is 294 Å². The number of benzene rings is 8. The van der Waals surface area contributed by atoms with Crippen LogP contribution in [0.2, 0.25) is 0 Å². The lowest BCUT2D eigenvalue weighted by Crippen LogP contribution is -2.33. The summed E-state index contributed by atoms with van der Waals surface area (Å²) in [4.78, 5) is 5.15. The van der Waals surface area contributed by atoms with Crippen LogP contribution in [0.15, 0.2) is 170 Å². The minimum Gasteiger partial charge on any atom is -0.308 e. The first kappa shape index (κ1) is 29.4. The molecular weight excluding hydrogens is 642 g/mol. The van der Waals surface area contributed by atoms with Crippen LogP contribution in [0.5, 0.6) is 0 Å². The third-order valence-electron chi connectivity index (χ3n) is 10.2. The molecule has 1 unspecified atom stereocenters. The fourth-order valence-electron chi connectivity index (χ4n) is 8.01. The average Bonchev–Trinajstić information content (AvgIpc) is 3.60. The van der Waals surface area contributed by atoms with Crippen LogP contribution in [-0.4, -0.2) is 9.55 Å². The first-order valence-electron chi connectivity index (χ1n) is 17.0. The van der Waals surface area contributed by atoms with Gasteiger partial charge in [-0.3, -0.25) is 4.57 Å². The maximum atomic E-state index is 16.2. The van der Waals surface area contributed by atoms with Crippen LogP contribution in [0, 0.1) is 11.3 Å². The molecule has 5 heteroatoms. The van der Waals surface area contributed by atoms with Crippen molar-refractivity contribution in [2.75, 3.05) is 0 Å². The maximum absolute atomic E-state index is 16.2. The fourth-order valence-corrected chi connectivity index (χ4v) is 11.0. The van der Waals surface area contributed by atoms with E-state index in [1.807, 2.05) is 91.0 Å². The minimum atomic E-state index is -3.36. The molecule has 1 aliphatic rings. The van der Waals surface area contributed by atoms with Gasteiger partial charge >= 0.3 is 0 Å². The molecule has 1 aliphatic heterocycles. The maximum Gasteiger partial charge on any atom is 0.175 e. The smallest absolute Gasteiger partial charge is 0.175 e. The lowest BCUT2D eigenvalue weighted by atomic mass is 9.86. The SMILES string of the molecule is N#Cc1ccc(-c2c3ccccc3c(-c3ccc4c(c3)P(=O)(c3ccccc3)c3cccc5nc(-c6ccccc6)n-4c35)c3ccccc23)cc1. The number of nitrogens with zero attached hydrogens (tertiary/aromatic N) is 3. The van der Waals surface area contributed by atoms with E-state index in [9.17, 15) is 5.26 Å². The van der Waals surface area contributed by atoms with Crippen molar-refractivity contribution in [3.05, 3.63) is 175 Å². The molecule has 4 nitrogen and oxygen atoms in total. The van der Waals surface area contributed by atoms with E-state index in [1.165, 1.54) is 0 Å². The molecule has 1 aromatic heterocycles. The molecule has 0 saturated carbocycles. The molecule has 1 atom stereocenters. The molecule has 0 N–H and O–H groups in total. The molecule has 0 radical (unpaired) electrons. The van der Waals surface area contributed by atoms with Crippen LogP contribution in [-0.2, 0) is 4.57 Å². The van der Waals surface area contributed by atoms with Gasteiger partial charge in [0.05, 0.1) is 28.4 Å². The Morgan fingerprint density at radius 3 is 1.73 bits per heavy atom. The van der Waals surface area contributed by atoms with E-state index in [-0.39, 0.29) is 0 Å². The van der Waals surface area contributed by atoms with Crippen molar-refractivity contribution in [3.63, 3.8) is 0 Å². The van der Waals surface area contributed by atoms with Gasteiger partial charge in [0.2, 0.25) is 0 Å². The lowest BCUT2D eigenvalue weighted by Gasteiger charge is -2.30. The van der Waals surface area contributed by atoms with E-state index in [0.717, 1.165) is 87.8 Å². The van der Waals surface area contributed by atoms with Gasteiger partial charge in [-0.15, -0.1) is 0 Å². The largest absolute Gasteiger partial charge is 0.308 e. The Morgan fingerprint density at radius 1 is 0.529 bits per heavy atom. The Morgan fingerprint density at radius 2 is 1.10 bits per heavy atom. The summed E-state index contributed by atoms with van der Waals surface area (Å²) in [5, 5.41) is 16.3. The van der Waals surface area contributed by atoms with Crippen molar-refractivity contribution in [3.8, 4) is 45.4 Å². The summed E-state index contributed by atoms with van der Waals surface area (Å²) in [6.45, 7) is 0. The number of hydrogen-bond donors (Lipinski definition) is 0. The molecule has 51 heavy (non-hydrogen) atoms. The van der Waals surface area contributed by atoms with Crippen LogP contribution >= 0.6 is 7.14 Å². The molecule has 0 aliphatic carbocycles. The summed E-state index contributed by atoms with van der Waals surface area (Å²) in [5.74, 6) is 0.828. The summed E-state index contributed by atoms with van der Waals surface area (Å²) in [7, 11) is -3.36. The molecule has 0 bridgehead atoms. The highest BCUT2D eigenvalue weighted by molar-refractivity contribution is 7.86. The fraction of sp³-hybridized carbons (Fsp3) is 0. The molecule has 0 fully saturated rings. The van der Waals surface area contributed by atoms with E-state index >= 15 is 4.57 Å². The molecule has 0 amide bonds. The molecule has 238 valence electrons. The van der Waals surface area contributed by atoms with Gasteiger partial charge in [0.25, 0.3) is 0 Å². The summed E-state index contributed by atoms with van der Waals surface area (Å²) in [6, 6.07) is 59.8. The topological polar surface area (TPSA) is 58.7 Å². The van der Waals surface area contributed by atoms with Crippen molar-refractivity contribution in [1.29, 1.82) is 5.26 Å². The number of fused-ring (bicyclic) bond motifs is 4. The Bertz CT molecular complexity index is 2880. The van der Waals surface area contributed by atoms with Gasteiger partial charge in [0.15, 0.2) is 7.14 Å². The summed E-state index contributed by atoms with van der Waals surface area (Å²) in [6.07, 6.45) is 0. The second-order valence-electron chi connectivity index (χ2n) is 13.0. The molecule has 8 aromatic carbocycles. The molecule has 9 aromatic rings. The van der Waals surface area contributed by atoms with E-state index in [1.54, 1.807) is 0 Å². The van der Waals surface area contributed by atoms with Crippen molar-refractivity contribution >= 4 is 55.6 Å². The summed E-state index contributed by atoms with van der Waals surface area (Å²) >= 11 is 0. The highest BCUT2D eigenvalue weighted by Gasteiger charge is 2.40. The molecular formula is C46H28N3OP. The zero-order valence-corrected chi connectivity index (χ0v) is 28.3. The summed E-state index contributed by atoms with van der Waals surface area (Å²) < 4.78 is 18.4. The van der Waals surface area contributed by atoms with Crippen molar-refractivity contribution < 1.29 is 4.57 Å². The van der Waals surface area contributed by atoms with Crippen molar-refractivity contribution in [2.45, 2.75) is 0 Å². The average molecular weight is 670 g/mol. The van der Waals surface area contributed by atoms with Gasteiger partial charge in [0.1, 0.15) is 5.82 Å². The second kappa shape index (κ2) is 11.3. The quantitative estimate of drug-likeness (QED) is 0.138. The monoisotopic (exact) mass is 669 g/mol. The van der Waals surface area contributed by atoms with Gasteiger partial charge in [-0.2, -0.15) is 5.26 Å². The molecule has 0 spiro atoms. The highest BCUT2D eigenvalue weighted by Crippen LogP contribution is 2.52. The van der Waals surface area contributed by atoms with Crippen LogP contribution in [0.4, 0.5) is 0 Å². The molecule has 10 rings (SSSR count). The van der Waals surface area contributed by atoms with Gasteiger partial charge in [-0.1, -0.05) is 133 Å². The van der Waals surface area contributed by atoms with E-state index in [0.29, 0.717) is 5.56 Å². The summed E-state index contributed by atoms with van der Waals surface area (Å²) in [5.41, 5.74) is 8.52. The lowest BCUT2D eigenvalue weighted by molar-refractivity contribution is 0.592. The minimum absolute atomic E-state index is 0.632. The first-order chi connectivity index (χ1) is 25.1. The van der Waals surface area contributed by atoms with Gasteiger partial charge in [-0.05, 0) is 80.2 Å². The number of para-hydroxylation sites is 1. The number of aromatic nitrogens is 2. The predicted molar refractivity (Wildman–Crippen MR) is 210 cm³/mol. The third kappa shape index (κ3) is 4.26. The van der Waals surface area contributed by atoms with Gasteiger partial charge in [-0.25, -0.2) is 4.98 Å². The van der Waals surface area contributed by atoms with Crippen LogP contribution in [0.3, 0.4) is 0 Å². The first-order valence-corrected chi connectivity index (χ1v) is 18.7. The van der Waals surface area contributed by atoms with E-state index < -0.39 is 7.14 Å². The van der Waals surface area contributed by atoms with Crippen molar-refractivity contribution in [2.24, 2.45) is 0 Å². The number of hydrogen-bond acceptors (Lipinski definition) is 3. The predicted octanol–water partition coefficient (Wildman–Crippen LogP) is 10.2. The Kier molecular flexibility index (Phi) is 6.49. The van der Waals surface area contributed by atoms with Crippen LogP contribution in [0.1, 0.15) is 5.56 Å². The van der Waals surface area contributed by atoms with E-state index in [2.05, 4.69) is 89.5 Å². The second-order valence-corrected chi connectivity index (χ2v) is 15.7. The van der Waals surface area contributed by atoms with Crippen molar-refractivity contribution in [1.82, 2.24) is 9.55 Å². The third-order valence-corrected chi connectivity index (χ3v) is 13.3. The van der Waals surface area contributed by atoms with E-state index in [4.69, 9.17) is 4.98 Å². The zero-order chi connectivity index (χ0) is 34.1. The van der Waals surface area contributed by atoms with Gasteiger partial charge in [0, 0.05) is 21.5 Å². The molecule has 0 saturated heterocycles. The van der Waals surface area contributed by atoms with Crippen LogP contribution < -0.4 is 15.9 Å². The van der Waals surface area contributed by atoms with Gasteiger partial charge < -0.3 is 4.57 Å². The number of imidazole rings is 1. The standard InChI is InChI=1S/C46H28N3OP/c47-29-30-22-24-31(25-23-30)43-35-16-7-9-18-37(35)44(38-19-10-8-17-36(38)43)33-26-27-40-42(28-33)51(50,34-14-5-2-6-15-34)41-21-11-20-39-45(41)49(40)46(48-39)32-12-3-1-4-13-32/h1-28H. The molecule has 2 heterocycles. The Hall–Kier alpha value is -6.53.